The van der Waals surface area contributed by atoms with E-state index in [0.717, 1.165) is 0 Å². The zero-order valence-corrected chi connectivity index (χ0v) is 13.5. The molecule has 0 atom stereocenters. The highest BCUT2D eigenvalue weighted by atomic mass is 16.9. The second-order valence-corrected chi connectivity index (χ2v) is 5.54. The third-order valence-electron chi connectivity index (χ3n) is 3.72. The van der Waals surface area contributed by atoms with Gasteiger partial charge in [-0.05, 0) is 25.0 Å². The predicted molar refractivity (Wildman–Crippen MR) is 91.0 cm³/mol. The van der Waals surface area contributed by atoms with Gasteiger partial charge in [0.15, 0.2) is 0 Å². The highest BCUT2D eigenvalue weighted by Crippen LogP contribution is 2.31. The van der Waals surface area contributed by atoms with Gasteiger partial charge in [-0.15, -0.1) is 10.1 Å². The first kappa shape index (κ1) is 17.3. The number of fused-ring (bicyclic) bond motifs is 2. The van der Waals surface area contributed by atoms with Crippen LogP contribution in [0, 0.1) is 10.1 Å². The third-order valence-corrected chi connectivity index (χ3v) is 3.72. The van der Waals surface area contributed by atoms with Crippen LogP contribution in [-0.4, -0.2) is 28.5 Å². The molecule has 9 heteroatoms. The molecule has 9 nitrogen and oxygen atoms in total. The highest BCUT2D eigenvalue weighted by molar-refractivity contribution is 5.94. The van der Waals surface area contributed by atoms with E-state index in [4.69, 9.17) is 9.15 Å². The van der Waals surface area contributed by atoms with E-state index < -0.39 is 10.5 Å². The van der Waals surface area contributed by atoms with E-state index in [0.29, 0.717) is 12.8 Å². The topological polar surface area (TPSA) is 132 Å². The number of hydrogen-bond acceptors (Lipinski definition) is 8. The maximum absolute atomic E-state index is 12.5. The molecular formula is C17H15NO8. The van der Waals surface area contributed by atoms with Gasteiger partial charge in [0.1, 0.15) is 33.8 Å². The normalized spacial score (nSPS) is 10.9. The standard InChI is InChI=1S/C17H15NO8/c19-10-3-4-12-14(7-10)26-15-9-11(8-13(20)16(15)17(12)21)24-5-1-2-6-25-18(22)23/h3-4,7-9,19-20H,1-2,5-6H2. The average molecular weight is 361 g/mol. The lowest BCUT2D eigenvalue weighted by atomic mass is 10.1. The Hall–Kier alpha value is -3.49. The van der Waals surface area contributed by atoms with Crippen LogP contribution in [0.4, 0.5) is 0 Å². The molecule has 0 fully saturated rings. The molecular weight excluding hydrogens is 346 g/mol. The monoisotopic (exact) mass is 361 g/mol. The lowest BCUT2D eigenvalue weighted by Gasteiger charge is -2.09. The minimum absolute atomic E-state index is 0.0231. The number of unbranched alkanes of at least 4 members (excludes halogenated alkanes) is 1. The van der Waals surface area contributed by atoms with Crippen LogP contribution in [0.5, 0.6) is 17.2 Å². The average Bonchev–Trinajstić information content (AvgIpc) is 2.57. The molecule has 0 radical (unpaired) electrons. The number of nitrogens with zero attached hydrogens (tertiary/aromatic N) is 1. The summed E-state index contributed by atoms with van der Waals surface area (Å²) in [6.45, 7) is 0.217. The van der Waals surface area contributed by atoms with Gasteiger partial charge >= 0.3 is 0 Å². The van der Waals surface area contributed by atoms with Crippen molar-refractivity contribution in [1.82, 2.24) is 0 Å². The molecule has 1 aromatic heterocycles. The Morgan fingerprint density at radius 3 is 2.62 bits per heavy atom. The van der Waals surface area contributed by atoms with Crippen molar-refractivity contribution in [2.45, 2.75) is 12.8 Å². The van der Waals surface area contributed by atoms with Crippen LogP contribution >= 0.6 is 0 Å². The first-order chi connectivity index (χ1) is 12.5. The van der Waals surface area contributed by atoms with Crippen LogP contribution in [0.15, 0.2) is 39.5 Å². The van der Waals surface area contributed by atoms with Crippen LogP contribution in [0.3, 0.4) is 0 Å². The van der Waals surface area contributed by atoms with Gasteiger partial charge in [0.25, 0.3) is 5.09 Å². The van der Waals surface area contributed by atoms with Crippen molar-refractivity contribution in [3.05, 3.63) is 50.7 Å². The van der Waals surface area contributed by atoms with E-state index in [-0.39, 0.29) is 52.4 Å². The van der Waals surface area contributed by atoms with Gasteiger partial charge < -0.3 is 24.2 Å². The Bertz CT molecular complexity index is 1030. The zero-order valence-electron chi connectivity index (χ0n) is 13.5. The fourth-order valence-electron chi connectivity index (χ4n) is 2.54. The molecule has 136 valence electrons. The SMILES string of the molecule is O=c1c2ccc(O)cc2oc2cc(OCCCCO[N+](=O)[O-])cc(O)c12. The summed E-state index contributed by atoms with van der Waals surface area (Å²) in [7, 11) is 0. The number of rotatable bonds is 7. The van der Waals surface area contributed by atoms with Crippen LogP contribution in [0.25, 0.3) is 21.9 Å². The molecule has 0 aliphatic heterocycles. The van der Waals surface area contributed by atoms with Gasteiger partial charge in [-0.1, -0.05) is 0 Å². The first-order valence-corrected chi connectivity index (χ1v) is 7.78. The number of phenolic OH excluding ortho intramolecular Hbond substituents is 2. The van der Waals surface area contributed by atoms with E-state index in [1.807, 2.05) is 0 Å². The number of phenols is 2. The third kappa shape index (κ3) is 3.61. The second kappa shape index (κ2) is 7.18. The van der Waals surface area contributed by atoms with Crippen molar-refractivity contribution in [1.29, 1.82) is 0 Å². The van der Waals surface area contributed by atoms with Crippen LogP contribution in [-0.2, 0) is 4.84 Å². The van der Waals surface area contributed by atoms with Crippen molar-refractivity contribution in [2.24, 2.45) is 0 Å². The summed E-state index contributed by atoms with van der Waals surface area (Å²) in [6, 6.07) is 6.87. The Kier molecular flexibility index (Phi) is 4.78. The van der Waals surface area contributed by atoms with E-state index in [2.05, 4.69) is 4.84 Å². The molecule has 0 spiro atoms. The summed E-state index contributed by atoms with van der Waals surface area (Å²) >= 11 is 0. The molecule has 0 aliphatic rings. The van der Waals surface area contributed by atoms with Crippen molar-refractivity contribution < 1.29 is 29.3 Å². The lowest BCUT2D eigenvalue weighted by molar-refractivity contribution is -0.757. The Labute approximate surface area is 146 Å². The smallest absolute Gasteiger partial charge is 0.294 e. The predicted octanol–water partition coefficient (Wildman–Crippen LogP) is 2.72. The number of benzene rings is 2. The van der Waals surface area contributed by atoms with E-state index in [1.165, 1.54) is 30.3 Å². The minimum Gasteiger partial charge on any atom is -0.508 e. The quantitative estimate of drug-likeness (QED) is 0.284. The van der Waals surface area contributed by atoms with Gasteiger partial charge in [0, 0.05) is 18.2 Å². The van der Waals surface area contributed by atoms with E-state index >= 15 is 0 Å². The molecule has 3 rings (SSSR count). The summed E-state index contributed by atoms with van der Waals surface area (Å²) in [6.07, 6.45) is 0.932. The molecule has 0 aliphatic carbocycles. The van der Waals surface area contributed by atoms with Crippen LogP contribution in [0.1, 0.15) is 12.8 Å². The summed E-state index contributed by atoms with van der Waals surface area (Å²) in [5, 5.41) is 29.1. The minimum atomic E-state index is -0.855. The van der Waals surface area contributed by atoms with Gasteiger partial charge in [-0.3, -0.25) is 4.79 Å². The maximum atomic E-state index is 12.5. The maximum Gasteiger partial charge on any atom is 0.294 e. The van der Waals surface area contributed by atoms with Crippen LogP contribution in [0.2, 0.25) is 0 Å². The fourth-order valence-corrected chi connectivity index (χ4v) is 2.54. The summed E-state index contributed by atoms with van der Waals surface area (Å²) in [4.78, 5) is 26.7. The van der Waals surface area contributed by atoms with Crippen molar-refractivity contribution >= 4 is 21.9 Å². The molecule has 3 aromatic rings. The number of aromatic hydroxyl groups is 2. The van der Waals surface area contributed by atoms with Gasteiger partial charge in [-0.2, -0.15) is 0 Å². The second-order valence-electron chi connectivity index (χ2n) is 5.54. The summed E-state index contributed by atoms with van der Waals surface area (Å²) in [5.41, 5.74) is -0.0991. The Morgan fingerprint density at radius 1 is 1.08 bits per heavy atom. The zero-order chi connectivity index (χ0) is 18.7. The van der Waals surface area contributed by atoms with Crippen molar-refractivity contribution in [3.8, 4) is 17.2 Å². The van der Waals surface area contributed by atoms with Gasteiger partial charge in [-0.25, -0.2) is 0 Å². The highest BCUT2D eigenvalue weighted by Gasteiger charge is 2.14. The molecule has 2 N–H and O–H groups in total. The molecule has 2 aromatic carbocycles. The fraction of sp³-hybridized carbons (Fsp3) is 0.235. The molecule has 0 unspecified atom stereocenters. The van der Waals surface area contributed by atoms with Gasteiger partial charge in [0.2, 0.25) is 5.43 Å². The summed E-state index contributed by atoms with van der Waals surface area (Å²) < 4.78 is 11.1. The van der Waals surface area contributed by atoms with Crippen molar-refractivity contribution in [3.63, 3.8) is 0 Å². The molecule has 0 saturated heterocycles. The molecule has 0 saturated carbocycles. The van der Waals surface area contributed by atoms with E-state index in [9.17, 15) is 25.1 Å². The molecule has 0 amide bonds. The van der Waals surface area contributed by atoms with Crippen molar-refractivity contribution in [2.75, 3.05) is 13.2 Å². The molecule has 0 bridgehead atoms. The van der Waals surface area contributed by atoms with Crippen LogP contribution < -0.4 is 10.2 Å². The number of ether oxygens (including phenoxy) is 1. The Balaban J connectivity index is 1.82. The largest absolute Gasteiger partial charge is 0.508 e. The molecule has 1 heterocycles. The number of hydrogen-bond donors (Lipinski definition) is 2. The molecule has 26 heavy (non-hydrogen) atoms. The summed E-state index contributed by atoms with van der Waals surface area (Å²) in [5.74, 6) is -0.0423. The first-order valence-electron chi connectivity index (χ1n) is 7.78. The van der Waals surface area contributed by atoms with E-state index in [1.54, 1.807) is 0 Å². The van der Waals surface area contributed by atoms with Gasteiger partial charge in [0.05, 0.1) is 18.6 Å². The lowest BCUT2D eigenvalue weighted by Crippen LogP contribution is -2.05. The Morgan fingerprint density at radius 2 is 1.85 bits per heavy atom.